The van der Waals surface area contributed by atoms with Crippen molar-refractivity contribution in [2.75, 3.05) is 5.75 Å². The van der Waals surface area contributed by atoms with Crippen molar-refractivity contribution >= 4 is 22.6 Å². The average Bonchev–Trinajstić information content (AvgIpc) is 2.89. The molecule has 5 nitrogen and oxygen atoms in total. The first-order valence-corrected chi connectivity index (χ1v) is 9.01. The summed E-state index contributed by atoms with van der Waals surface area (Å²) in [7, 11) is -1.44. The fourth-order valence-electron chi connectivity index (χ4n) is 2.96. The van der Waals surface area contributed by atoms with E-state index >= 15 is 0 Å². The lowest BCUT2D eigenvalue weighted by molar-refractivity contribution is -0.125. The highest BCUT2D eigenvalue weighted by Crippen LogP contribution is 2.46. The molecule has 0 spiro atoms. The van der Waals surface area contributed by atoms with Gasteiger partial charge in [0.15, 0.2) is 0 Å². The number of nitrogens with two attached hydrogens (primary N) is 1. The molecular weight excluding hydrogens is 324 g/mol. The summed E-state index contributed by atoms with van der Waals surface area (Å²) >= 11 is 0. The molecule has 24 heavy (non-hydrogen) atoms. The first kappa shape index (κ1) is 16.4. The van der Waals surface area contributed by atoms with Crippen LogP contribution in [0, 0.1) is 0 Å². The minimum atomic E-state index is -1.44. The molecule has 0 aromatic heterocycles. The van der Waals surface area contributed by atoms with Crippen LogP contribution in [0.4, 0.5) is 0 Å². The van der Waals surface area contributed by atoms with Crippen LogP contribution in [0.3, 0.4) is 0 Å². The van der Waals surface area contributed by atoms with Gasteiger partial charge in [-0.1, -0.05) is 48.5 Å². The predicted octanol–water partition coefficient (Wildman–Crippen LogP) is 1.50. The molecule has 124 valence electrons. The van der Waals surface area contributed by atoms with Crippen LogP contribution in [0.2, 0.25) is 0 Å². The Hall–Kier alpha value is -2.47. The maximum absolute atomic E-state index is 12.9. The molecule has 2 aromatic rings. The summed E-state index contributed by atoms with van der Waals surface area (Å²) in [5.41, 5.74) is 9.17. The van der Waals surface area contributed by atoms with Crippen molar-refractivity contribution in [1.29, 1.82) is 0 Å². The highest BCUT2D eigenvalue weighted by atomic mass is 32.2. The summed E-state index contributed by atoms with van der Waals surface area (Å²) in [5, 5.41) is 2.13. The van der Waals surface area contributed by atoms with E-state index in [4.69, 9.17) is 5.73 Å². The number of carbonyl (C=O) groups is 2. The number of hydrogen-bond donors (Lipinski definition) is 2. The second-order valence-electron chi connectivity index (χ2n) is 5.77. The molecule has 0 fully saturated rings. The molecule has 2 aromatic carbocycles. The van der Waals surface area contributed by atoms with Crippen molar-refractivity contribution in [1.82, 2.24) is 5.32 Å². The lowest BCUT2D eigenvalue weighted by Gasteiger charge is -2.15. The molecule has 0 radical (unpaired) electrons. The quantitative estimate of drug-likeness (QED) is 0.863. The Balaban J connectivity index is 1.85. The molecule has 2 atom stereocenters. The van der Waals surface area contributed by atoms with Crippen LogP contribution in [0.15, 0.2) is 48.5 Å². The Labute approximate surface area is 142 Å². The van der Waals surface area contributed by atoms with Crippen molar-refractivity contribution in [3.63, 3.8) is 0 Å². The summed E-state index contributed by atoms with van der Waals surface area (Å²) in [4.78, 5) is 23.1. The fraction of sp³-hybridized carbons (Fsp3) is 0.222. The van der Waals surface area contributed by atoms with Crippen LogP contribution in [0.25, 0.3) is 11.1 Å². The number of benzene rings is 2. The number of amides is 2. The van der Waals surface area contributed by atoms with Crippen molar-refractivity contribution in [2.24, 2.45) is 5.73 Å². The minimum Gasteiger partial charge on any atom is -0.368 e. The lowest BCUT2D eigenvalue weighted by Crippen LogP contribution is -2.44. The third kappa shape index (κ3) is 2.97. The number of hydrogen-bond acceptors (Lipinski definition) is 3. The molecule has 0 aliphatic heterocycles. The number of primary amides is 1. The van der Waals surface area contributed by atoms with Gasteiger partial charge >= 0.3 is 0 Å². The van der Waals surface area contributed by atoms with E-state index in [2.05, 4.69) is 5.32 Å². The van der Waals surface area contributed by atoms with Gasteiger partial charge in [-0.2, -0.15) is 0 Å². The Kier molecular flexibility index (Phi) is 4.49. The van der Waals surface area contributed by atoms with Crippen molar-refractivity contribution in [3.8, 4) is 11.1 Å². The molecule has 3 rings (SSSR count). The van der Waals surface area contributed by atoms with E-state index in [1.54, 1.807) is 0 Å². The van der Waals surface area contributed by atoms with Crippen molar-refractivity contribution in [3.05, 3.63) is 59.7 Å². The normalized spacial score (nSPS) is 15.2. The highest BCUT2D eigenvalue weighted by Gasteiger charge is 2.33. The van der Waals surface area contributed by atoms with Gasteiger partial charge in [-0.3, -0.25) is 13.8 Å². The van der Waals surface area contributed by atoms with Crippen molar-refractivity contribution < 1.29 is 13.8 Å². The predicted molar refractivity (Wildman–Crippen MR) is 93.5 cm³/mol. The molecule has 6 heteroatoms. The van der Waals surface area contributed by atoms with Gasteiger partial charge in [-0.25, -0.2) is 0 Å². The summed E-state index contributed by atoms with van der Waals surface area (Å²) in [5.74, 6) is -1.24. The molecule has 0 bridgehead atoms. The van der Waals surface area contributed by atoms with E-state index < -0.39 is 28.7 Å². The van der Waals surface area contributed by atoms with E-state index in [9.17, 15) is 13.8 Å². The number of fused-ring (bicyclic) bond motifs is 3. The number of carbonyl (C=O) groups excluding carboxylic acids is 2. The largest absolute Gasteiger partial charge is 0.368 e. The third-order valence-electron chi connectivity index (χ3n) is 4.12. The molecule has 0 saturated heterocycles. The SMILES string of the molecule is C[C@@H](NC(=O)CS(=O)C1c2ccccc2-c2ccccc21)C(N)=O. The van der Waals surface area contributed by atoms with Crippen LogP contribution in [-0.2, 0) is 20.4 Å². The Morgan fingerprint density at radius 2 is 1.58 bits per heavy atom. The Morgan fingerprint density at radius 1 is 1.08 bits per heavy atom. The first-order valence-electron chi connectivity index (χ1n) is 7.63. The molecule has 3 N–H and O–H groups in total. The summed E-state index contributed by atoms with van der Waals surface area (Å²) in [6.07, 6.45) is 0. The van der Waals surface area contributed by atoms with Gasteiger partial charge < -0.3 is 11.1 Å². The maximum atomic E-state index is 12.9. The second kappa shape index (κ2) is 6.57. The van der Waals surface area contributed by atoms with Gasteiger partial charge in [0.1, 0.15) is 11.8 Å². The van der Waals surface area contributed by atoms with Crippen LogP contribution in [0.5, 0.6) is 0 Å². The van der Waals surface area contributed by atoms with Gasteiger partial charge in [-0.15, -0.1) is 0 Å². The van der Waals surface area contributed by atoms with Gasteiger partial charge in [0.05, 0.1) is 5.25 Å². The van der Waals surface area contributed by atoms with Crippen LogP contribution >= 0.6 is 0 Å². The van der Waals surface area contributed by atoms with Crippen molar-refractivity contribution in [2.45, 2.75) is 18.2 Å². The zero-order valence-corrected chi connectivity index (χ0v) is 14.0. The van der Waals surface area contributed by atoms with Gasteiger partial charge in [-0.05, 0) is 29.2 Å². The standard InChI is InChI=1S/C18H18N2O3S/c1-11(18(19)22)20-16(21)10-24(23)17-14-8-4-2-6-12(14)13-7-3-5-9-15(13)17/h2-9,11,17H,10H2,1H3,(H2,19,22)(H,20,21)/t11-,24?/m1/s1. The van der Waals surface area contributed by atoms with E-state index in [1.165, 1.54) is 6.92 Å². The Bertz CT molecular complexity index is 789. The molecule has 0 heterocycles. The Morgan fingerprint density at radius 3 is 2.08 bits per heavy atom. The van der Waals surface area contributed by atoms with Crippen LogP contribution < -0.4 is 11.1 Å². The maximum Gasteiger partial charge on any atom is 0.239 e. The summed E-state index contributed by atoms with van der Waals surface area (Å²) < 4.78 is 12.9. The van der Waals surface area contributed by atoms with Gasteiger partial charge in [0.2, 0.25) is 11.8 Å². The van der Waals surface area contributed by atoms with Gasteiger partial charge in [0, 0.05) is 10.8 Å². The fourth-order valence-corrected chi connectivity index (χ4v) is 4.45. The zero-order chi connectivity index (χ0) is 17.3. The lowest BCUT2D eigenvalue weighted by atomic mass is 10.1. The van der Waals surface area contributed by atoms with E-state index in [-0.39, 0.29) is 11.0 Å². The van der Waals surface area contributed by atoms with Gasteiger partial charge in [0.25, 0.3) is 0 Å². The zero-order valence-electron chi connectivity index (χ0n) is 13.2. The summed E-state index contributed by atoms with van der Waals surface area (Å²) in [6.45, 7) is 1.50. The first-order chi connectivity index (χ1) is 11.5. The van der Waals surface area contributed by atoms with E-state index in [0.717, 1.165) is 22.3 Å². The highest BCUT2D eigenvalue weighted by molar-refractivity contribution is 7.86. The topological polar surface area (TPSA) is 89.3 Å². The molecular formula is C18H18N2O3S. The minimum absolute atomic E-state index is 0.176. The smallest absolute Gasteiger partial charge is 0.239 e. The van der Waals surface area contributed by atoms with E-state index in [1.807, 2.05) is 48.5 Å². The summed E-state index contributed by atoms with van der Waals surface area (Å²) in [6, 6.07) is 14.8. The molecule has 1 unspecified atom stereocenters. The second-order valence-corrected chi connectivity index (χ2v) is 7.29. The van der Waals surface area contributed by atoms with Crippen LogP contribution in [-0.4, -0.2) is 27.8 Å². The number of nitrogens with one attached hydrogen (secondary N) is 1. The molecule has 2 amide bonds. The number of rotatable bonds is 5. The average molecular weight is 342 g/mol. The third-order valence-corrected chi connectivity index (χ3v) is 5.70. The monoisotopic (exact) mass is 342 g/mol. The molecule has 0 saturated carbocycles. The molecule has 1 aliphatic rings. The molecule has 1 aliphatic carbocycles. The van der Waals surface area contributed by atoms with Crippen LogP contribution in [0.1, 0.15) is 23.3 Å². The van der Waals surface area contributed by atoms with E-state index in [0.29, 0.717) is 0 Å².